The van der Waals surface area contributed by atoms with Gasteiger partial charge >= 0.3 is 12.1 Å². The summed E-state index contributed by atoms with van der Waals surface area (Å²) in [6.45, 7) is 0. The van der Waals surface area contributed by atoms with E-state index >= 15 is 0 Å². The molecule has 3 aromatic rings. The third kappa shape index (κ3) is 4.54. The molecule has 3 rings (SSSR count). The first kappa shape index (κ1) is 19.9. The van der Waals surface area contributed by atoms with Gasteiger partial charge in [-0.25, -0.2) is 9.48 Å². The summed E-state index contributed by atoms with van der Waals surface area (Å²) >= 11 is 0. The molecule has 0 bridgehead atoms. The standard InChI is InChI=1S/C19H14F3N3O4/c1-25-17(26)16(24-13-7-5-11(6-8-13)18(27)28)15(10-23-25)29-14-4-2-3-12(9-14)19(20,21)22/h2-10,24H,1H3,(H,27,28). The first-order chi connectivity index (χ1) is 13.6. The van der Waals surface area contributed by atoms with Gasteiger partial charge in [-0.2, -0.15) is 18.3 Å². The lowest BCUT2D eigenvalue weighted by Crippen LogP contribution is -2.22. The maximum Gasteiger partial charge on any atom is 0.416 e. The van der Waals surface area contributed by atoms with E-state index in [4.69, 9.17) is 9.84 Å². The number of alkyl halides is 3. The van der Waals surface area contributed by atoms with Gasteiger partial charge in [0.05, 0.1) is 17.3 Å². The monoisotopic (exact) mass is 405 g/mol. The predicted octanol–water partition coefficient (Wildman–Crippen LogP) is 4.03. The van der Waals surface area contributed by atoms with Gasteiger partial charge in [0.25, 0.3) is 5.56 Å². The molecule has 0 amide bonds. The summed E-state index contributed by atoms with van der Waals surface area (Å²) in [6, 6.07) is 9.77. The van der Waals surface area contributed by atoms with Gasteiger partial charge in [-0.05, 0) is 42.5 Å². The Hall–Kier alpha value is -3.82. The highest BCUT2D eigenvalue weighted by atomic mass is 19.4. The molecule has 0 atom stereocenters. The number of rotatable bonds is 5. The molecule has 7 nitrogen and oxygen atoms in total. The minimum atomic E-state index is -4.54. The van der Waals surface area contributed by atoms with Crippen LogP contribution in [-0.4, -0.2) is 20.9 Å². The Morgan fingerprint density at radius 3 is 2.48 bits per heavy atom. The third-order valence-corrected chi connectivity index (χ3v) is 3.89. The third-order valence-electron chi connectivity index (χ3n) is 3.89. The van der Waals surface area contributed by atoms with E-state index in [1.165, 1.54) is 49.6 Å². The lowest BCUT2D eigenvalue weighted by molar-refractivity contribution is -0.137. The molecule has 29 heavy (non-hydrogen) atoms. The number of carboxylic acids is 1. The van der Waals surface area contributed by atoms with E-state index in [-0.39, 0.29) is 22.7 Å². The fourth-order valence-corrected chi connectivity index (χ4v) is 2.42. The van der Waals surface area contributed by atoms with Gasteiger partial charge in [0.1, 0.15) is 5.75 Å². The summed E-state index contributed by atoms with van der Waals surface area (Å²) in [4.78, 5) is 23.4. The quantitative estimate of drug-likeness (QED) is 0.666. The van der Waals surface area contributed by atoms with Gasteiger partial charge < -0.3 is 15.2 Å². The molecular weight excluding hydrogens is 391 g/mol. The van der Waals surface area contributed by atoms with E-state index in [2.05, 4.69) is 10.4 Å². The lowest BCUT2D eigenvalue weighted by atomic mass is 10.2. The Morgan fingerprint density at radius 2 is 1.86 bits per heavy atom. The molecule has 2 N–H and O–H groups in total. The van der Waals surface area contributed by atoms with Crippen LogP contribution in [0.4, 0.5) is 24.5 Å². The summed E-state index contributed by atoms with van der Waals surface area (Å²) in [5.74, 6) is -1.32. The van der Waals surface area contributed by atoms with E-state index in [1.807, 2.05) is 0 Å². The van der Waals surface area contributed by atoms with Crippen molar-refractivity contribution >= 4 is 17.3 Å². The Bertz CT molecular complexity index is 1110. The predicted molar refractivity (Wildman–Crippen MR) is 97.7 cm³/mol. The van der Waals surface area contributed by atoms with Crippen LogP contribution in [0.1, 0.15) is 15.9 Å². The number of carboxylic acid groups (broad SMARTS) is 1. The second-order valence-corrected chi connectivity index (χ2v) is 5.95. The van der Waals surface area contributed by atoms with E-state index in [0.717, 1.165) is 16.8 Å². The molecule has 2 aromatic carbocycles. The molecule has 0 unspecified atom stereocenters. The number of carbonyl (C=O) groups is 1. The van der Waals surface area contributed by atoms with Crippen molar-refractivity contribution in [2.45, 2.75) is 6.18 Å². The normalized spacial score (nSPS) is 11.2. The molecule has 0 saturated carbocycles. The van der Waals surface area contributed by atoms with E-state index < -0.39 is 23.3 Å². The van der Waals surface area contributed by atoms with Crippen LogP contribution >= 0.6 is 0 Å². The maximum absolute atomic E-state index is 12.9. The van der Waals surface area contributed by atoms with Gasteiger partial charge in [0, 0.05) is 12.7 Å². The molecule has 150 valence electrons. The van der Waals surface area contributed by atoms with Crippen molar-refractivity contribution in [2.24, 2.45) is 7.05 Å². The summed E-state index contributed by atoms with van der Waals surface area (Å²) in [5, 5.41) is 15.6. The topological polar surface area (TPSA) is 93.4 Å². The number of halogens is 3. The van der Waals surface area contributed by atoms with Crippen LogP contribution in [-0.2, 0) is 13.2 Å². The van der Waals surface area contributed by atoms with Crippen LogP contribution in [0.2, 0.25) is 0 Å². The van der Waals surface area contributed by atoms with Crippen molar-refractivity contribution in [3.05, 3.63) is 76.2 Å². The highest BCUT2D eigenvalue weighted by Crippen LogP contribution is 2.34. The van der Waals surface area contributed by atoms with Crippen molar-refractivity contribution in [1.29, 1.82) is 0 Å². The molecule has 0 radical (unpaired) electrons. The summed E-state index contributed by atoms with van der Waals surface area (Å²) in [5.41, 5.74) is -1.11. The van der Waals surface area contributed by atoms with Crippen molar-refractivity contribution in [1.82, 2.24) is 9.78 Å². The number of nitrogens with one attached hydrogen (secondary N) is 1. The zero-order chi connectivity index (χ0) is 21.2. The van der Waals surface area contributed by atoms with Crippen LogP contribution in [0, 0.1) is 0 Å². The van der Waals surface area contributed by atoms with Gasteiger partial charge in [0.15, 0.2) is 11.4 Å². The van der Waals surface area contributed by atoms with Crippen LogP contribution < -0.4 is 15.6 Å². The van der Waals surface area contributed by atoms with Gasteiger partial charge in [-0.3, -0.25) is 4.79 Å². The van der Waals surface area contributed by atoms with E-state index in [1.54, 1.807) is 0 Å². The van der Waals surface area contributed by atoms with Gasteiger partial charge in [-0.1, -0.05) is 6.07 Å². The zero-order valence-electron chi connectivity index (χ0n) is 14.9. The molecular formula is C19H14F3N3O4. The van der Waals surface area contributed by atoms with Crippen LogP contribution in [0.3, 0.4) is 0 Å². The highest BCUT2D eigenvalue weighted by molar-refractivity contribution is 5.88. The molecule has 0 spiro atoms. The second kappa shape index (κ2) is 7.66. The largest absolute Gasteiger partial charge is 0.478 e. The van der Waals surface area contributed by atoms with Crippen LogP contribution in [0.15, 0.2) is 59.5 Å². The highest BCUT2D eigenvalue weighted by Gasteiger charge is 2.30. The fourth-order valence-electron chi connectivity index (χ4n) is 2.42. The summed E-state index contributed by atoms with van der Waals surface area (Å²) in [7, 11) is 1.40. The molecule has 0 aliphatic heterocycles. The minimum absolute atomic E-state index is 0.0543. The van der Waals surface area contributed by atoms with Crippen LogP contribution in [0.5, 0.6) is 11.5 Å². The van der Waals surface area contributed by atoms with Gasteiger partial charge in [-0.15, -0.1) is 0 Å². The lowest BCUT2D eigenvalue weighted by Gasteiger charge is -2.14. The average molecular weight is 405 g/mol. The fraction of sp³-hybridized carbons (Fsp3) is 0.105. The van der Waals surface area contributed by atoms with Crippen molar-refractivity contribution in [3.8, 4) is 11.5 Å². The van der Waals surface area contributed by atoms with Crippen LogP contribution in [0.25, 0.3) is 0 Å². The first-order valence-electron chi connectivity index (χ1n) is 8.17. The first-order valence-corrected chi connectivity index (χ1v) is 8.17. The number of aryl methyl sites for hydroxylation is 1. The molecule has 0 aliphatic rings. The molecule has 1 heterocycles. The second-order valence-electron chi connectivity index (χ2n) is 5.95. The van der Waals surface area contributed by atoms with E-state index in [9.17, 15) is 22.8 Å². The molecule has 0 aliphatic carbocycles. The Morgan fingerprint density at radius 1 is 1.17 bits per heavy atom. The zero-order valence-corrected chi connectivity index (χ0v) is 14.9. The molecule has 0 fully saturated rings. The molecule has 1 aromatic heterocycles. The Labute approximate surface area is 162 Å². The number of aromatic carboxylic acids is 1. The maximum atomic E-state index is 12.9. The van der Waals surface area contributed by atoms with Crippen molar-refractivity contribution in [3.63, 3.8) is 0 Å². The van der Waals surface area contributed by atoms with Gasteiger partial charge in [0.2, 0.25) is 0 Å². The number of hydrogen-bond acceptors (Lipinski definition) is 5. The number of anilines is 2. The smallest absolute Gasteiger partial charge is 0.416 e. The number of benzene rings is 2. The number of ether oxygens (including phenoxy) is 1. The Kier molecular flexibility index (Phi) is 5.26. The van der Waals surface area contributed by atoms with Crippen molar-refractivity contribution in [2.75, 3.05) is 5.32 Å². The molecule has 10 heteroatoms. The number of hydrogen-bond donors (Lipinski definition) is 2. The minimum Gasteiger partial charge on any atom is -0.478 e. The summed E-state index contributed by atoms with van der Waals surface area (Å²) in [6.07, 6.45) is -3.35. The van der Waals surface area contributed by atoms with Crippen molar-refractivity contribution < 1.29 is 27.8 Å². The average Bonchev–Trinajstić information content (AvgIpc) is 2.67. The molecule has 0 saturated heterocycles. The number of aromatic nitrogens is 2. The number of nitrogens with zero attached hydrogens (tertiary/aromatic N) is 2. The summed E-state index contributed by atoms with van der Waals surface area (Å²) < 4.78 is 45.2. The SMILES string of the molecule is Cn1ncc(Oc2cccc(C(F)(F)F)c2)c(Nc2ccc(C(=O)O)cc2)c1=O. The Balaban J connectivity index is 1.95. The van der Waals surface area contributed by atoms with E-state index in [0.29, 0.717) is 5.69 Å².